The number of unbranched alkanes of at least 4 members (excludes halogenated alkanes) is 1. The van der Waals surface area contributed by atoms with Crippen LogP contribution in [-0.2, 0) is 34.0 Å². The molecular formula is C31H40N4O5S. The molecule has 9 nitrogen and oxygen atoms in total. The normalized spacial score (nSPS) is 12.8. The zero-order valence-electron chi connectivity index (χ0n) is 23.9. The van der Waals surface area contributed by atoms with Gasteiger partial charge in [0.25, 0.3) is 0 Å². The van der Waals surface area contributed by atoms with Crippen molar-refractivity contribution in [1.82, 2.24) is 15.5 Å². The Morgan fingerprint density at radius 2 is 1.66 bits per heavy atom. The lowest BCUT2D eigenvalue weighted by Gasteiger charge is -2.39. The van der Waals surface area contributed by atoms with Crippen molar-refractivity contribution in [2.24, 2.45) is 0 Å². The van der Waals surface area contributed by atoms with Crippen molar-refractivity contribution < 1.29 is 23.9 Å². The summed E-state index contributed by atoms with van der Waals surface area (Å²) in [7, 11) is 0. The van der Waals surface area contributed by atoms with Gasteiger partial charge in [-0.25, -0.2) is 9.59 Å². The minimum Gasteiger partial charge on any atom is -0.445 e. The molecule has 1 heterocycles. The van der Waals surface area contributed by atoms with E-state index in [1.165, 1.54) is 0 Å². The predicted molar refractivity (Wildman–Crippen MR) is 161 cm³/mol. The SMILES string of the molecule is CC(C)(C)NC(=O)O[C@@](C=O)(CCCCNC(=O)OCc1ccccc1)N(Cc1ccc(N)cc1)Cc1cccs1. The fourth-order valence-corrected chi connectivity index (χ4v) is 4.87. The highest BCUT2D eigenvalue weighted by Gasteiger charge is 2.41. The molecule has 3 aromatic rings. The summed E-state index contributed by atoms with van der Waals surface area (Å²) in [6.07, 6.45) is 0.800. The van der Waals surface area contributed by atoms with Gasteiger partial charge in [-0.2, -0.15) is 0 Å². The first-order valence-corrected chi connectivity index (χ1v) is 14.5. The third kappa shape index (κ3) is 10.9. The fourth-order valence-electron chi connectivity index (χ4n) is 4.15. The smallest absolute Gasteiger partial charge is 0.409 e. The predicted octanol–water partition coefficient (Wildman–Crippen LogP) is 5.85. The molecule has 41 heavy (non-hydrogen) atoms. The largest absolute Gasteiger partial charge is 0.445 e. The van der Waals surface area contributed by atoms with Gasteiger partial charge in [0.1, 0.15) is 6.61 Å². The second-order valence-electron chi connectivity index (χ2n) is 10.8. The van der Waals surface area contributed by atoms with E-state index in [-0.39, 0.29) is 13.0 Å². The number of hydrogen-bond donors (Lipinski definition) is 3. The number of hydrogen-bond acceptors (Lipinski definition) is 8. The van der Waals surface area contributed by atoms with E-state index in [1.807, 2.05) is 85.6 Å². The van der Waals surface area contributed by atoms with Crippen LogP contribution in [0.1, 0.15) is 56.0 Å². The molecule has 0 fully saturated rings. The maximum atomic E-state index is 13.0. The molecule has 0 radical (unpaired) electrons. The van der Waals surface area contributed by atoms with Crippen molar-refractivity contribution >= 4 is 35.5 Å². The molecule has 0 bridgehead atoms. The van der Waals surface area contributed by atoms with Gasteiger partial charge in [-0.05, 0) is 68.3 Å². The number of nitrogens with two attached hydrogens (primary N) is 1. The van der Waals surface area contributed by atoms with Gasteiger partial charge in [0, 0.05) is 42.2 Å². The highest BCUT2D eigenvalue weighted by Crippen LogP contribution is 2.29. The van der Waals surface area contributed by atoms with Crippen LogP contribution in [0, 0.1) is 0 Å². The first-order valence-electron chi connectivity index (χ1n) is 13.6. The molecule has 0 saturated carbocycles. The standard InChI is InChI=1S/C31H40N4O5S/c1-30(2,3)34-29(38)40-31(23-36,17-7-8-18-33-28(37)39-22-25-10-5-4-6-11-25)35(21-27-12-9-19-41-27)20-24-13-15-26(32)16-14-24/h4-6,9-16,19,23H,7-8,17-18,20-22,32H2,1-3H3,(H,33,37)(H,34,38)/t31-/m1/s1. The van der Waals surface area contributed by atoms with E-state index in [0.717, 1.165) is 16.0 Å². The monoisotopic (exact) mass is 580 g/mol. The van der Waals surface area contributed by atoms with Gasteiger partial charge in [-0.3, -0.25) is 9.69 Å². The van der Waals surface area contributed by atoms with Crippen LogP contribution >= 0.6 is 11.3 Å². The number of carbonyl (C=O) groups is 3. The number of rotatable bonds is 14. The van der Waals surface area contributed by atoms with Crippen molar-refractivity contribution in [3.8, 4) is 0 Å². The molecule has 0 aliphatic heterocycles. The summed E-state index contributed by atoms with van der Waals surface area (Å²) in [5.41, 5.74) is 6.24. The summed E-state index contributed by atoms with van der Waals surface area (Å²) in [5, 5.41) is 7.52. The number of thiophene rings is 1. The van der Waals surface area contributed by atoms with E-state index < -0.39 is 23.5 Å². The average molecular weight is 581 g/mol. The molecule has 0 unspecified atom stereocenters. The lowest BCUT2D eigenvalue weighted by molar-refractivity contribution is -0.154. The molecule has 2 amide bonds. The maximum absolute atomic E-state index is 13.0. The Hall–Kier alpha value is -3.89. The van der Waals surface area contributed by atoms with Gasteiger partial charge in [0.2, 0.25) is 5.72 Å². The highest BCUT2D eigenvalue weighted by atomic mass is 32.1. The first-order chi connectivity index (χ1) is 19.6. The minimum absolute atomic E-state index is 0.181. The van der Waals surface area contributed by atoms with Gasteiger partial charge in [-0.15, -0.1) is 11.3 Å². The highest BCUT2D eigenvalue weighted by molar-refractivity contribution is 7.09. The van der Waals surface area contributed by atoms with Crippen LogP contribution in [0.25, 0.3) is 0 Å². The van der Waals surface area contributed by atoms with Crippen molar-refractivity contribution in [2.45, 2.75) is 71.0 Å². The van der Waals surface area contributed by atoms with Crippen LogP contribution in [0.3, 0.4) is 0 Å². The zero-order valence-corrected chi connectivity index (χ0v) is 24.7. The topological polar surface area (TPSA) is 123 Å². The van der Waals surface area contributed by atoms with E-state index in [4.69, 9.17) is 15.2 Å². The molecule has 220 valence electrons. The molecular weight excluding hydrogens is 540 g/mol. The lowest BCUT2D eigenvalue weighted by atomic mass is 10.0. The number of ether oxygens (including phenoxy) is 2. The molecule has 10 heteroatoms. The number of nitrogens with one attached hydrogen (secondary N) is 2. The third-order valence-electron chi connectivity index (χ3n) is 6.19. The third-order valence-corrected chi connectivity index (χ3v) is 7.05. The van der Waals surface area contributed by atoms with Crippen molar-refractivity contribution in [3.05, 3.63) is 88.1 Å². The summed E-state index contributed by atoms with van der Waals surface area (Å²) in [6, 6.07) is 20.8. The second kappa shape index (κ2) is 15.2. The average Bonchev–Trinajstić information content (AvgIpc) is 3.45. The number of amides is 2. The maximum Gasteiger partial charge on any atom is 0.409 e. The van der Waals surface area contributed by atoms with Crippen LogP contribution < -0.4 is 16.4 Å². The molecule has 0 spiro atoms. The molecule has 1 aromatic heterocycles. The number of anilines is 1. The van der Waals surface area contributed by atoms with Gasteiger partial charge in [-0.1, -0.05) is 48.5 Å². The van der Waals surface area contributed by atoms with E-state index >= 15 is 0 Å². The Kier molecular flexibility index (Phi) is 11.7. The van der Waals surface area contributed by atoms with Gasteiger partial charge in [0.05, 0.1) is 0 Å². The Balaban J connectivity index is 1.71. The minimum atomic E-state index is -1.55. The van der Waals surface area contributed by atoms with E-state index in [1.54, 1.807) is 23.5 Å². The van der Waals surface area contributed by atoms with Crippen LogP contribution in [0.15, 0.2) is 72.1 Å². The summed E-state index contributed by atoms with van der Waals surface area (Å²) < 4.78 is 11.2. The van der Waals surface area contributed by atoms with Crippen LogP contribution in [0.4, 0.5) is 15.3 Å². The lowest BCUT2D eigenvalue weighted by Crippen LogP contribution is -2.55. The number of nitrogens with zero attached hydrogens (tertiary/aromatic N) is 1. The van der Waals surface area contributed by atoms with Gasteiger partial charge < -0.3 is 25.8 Å². The summed E-state index contributed by atoms with van der Waals surface area (Å²) >= 11 is 1.56. The quantitative estimate of drug-likeness (QED) is 0.0946. The van der Waals surface area contributed by atoms with E-state index in [0.29, 0.717) is 44.4 Å². The summed E-state index contributed by atoms with van der Waals surface area (Å²) in [4.78, 5) is 40.9. The summed E-state index contributed by atoms with van der Waals surface area (Å²) in [5.74, 6) is 0. The molecule has 3 rings (SSSR count). The Labute approximate surface area is 246 Å². The van der Waals surface area contributed by atoms with Crippen molar-refractivity contribution in [3.63, 3.8) is 0 Å². The number of aldehydes is 1. The number of alkyl carbamates (subject to hydrolysis) is 2. The molecule has 0 saturated heterocycles. The Morgan fingerprint density at radius 3 is 2.29 bits per heavy atom. The zero-order chi connectivity index (χ0) is 29.7. The van der Waals surface area contributed by atoms with Gasteiger partial charge >= 0.3 is 12.2 Å². The van der Waals surface area contributed by atoms with Crippen molar-refractivity contribution in [1.29, 1.82) is 0 Å². The molecule has 0 aliphatic rings. The first kappa shape index (κ1) is 31.6. The number of carbonyl (C=O) groups excluding carboxylic acids is 3. The second-order valence-corrected chi connectivity index (χ2v) is 11.9. The fraction of sp³-hybridized carbons (Fsp3) is 0.387. The molecule has 4 N–H and O–H groups in total. The van der Waals surface area contributed by atoms with Crippen LogP contribution in [0.2, 0.25) is 0 Å². The Bertz CT molecular complexity index is 1230. The summed E-state index contributed by atoms with van der Waals surface area (Å²) in [6.45, 7) is 6.81. The van der Waals surface area contributed by atoms with E-state index in [9.17, 15) is 14.4 Å². The van der Waals surface area contributed by atoms with Gasteiger partial charge in [0.15, 0.2) is 6.29 Å². The van der Waals surface area contributed by atoms with E-state index in [2.05, 4.69) is 10.6 Å². The molecule has 0 aliphatic carbocycles. The molecule has 1 atom stereocenters. The van der Waals surface area contributed by atoms with Crippen molar-refractivity contribution in [2.75, 3.05) is 12.3 Å². The van der Waals surface area contributed by atoms with Crippen LogP contribution in [-0.4, -0.2) is 41.2 Å². The number of nitrogen functional groups attached to an aromatic ring is 1. The Morgan fingerprint density at radius 1 is 0.927 bits per heavy atom. The molecule has 2 aromatic carbocycles. The number of benzene rings is 2. The van der Waals surface area contributed by atoms with Crippen LogP contribution in [0.5, 0.6) is 0 Å².